The lowest BCUT2D eigenvalue weighted by Crippen LogP contribution is -2.44. The quantitative estimate of drug-likeness (QED) is 0.856. The molecule has 4 atom stereocenters. The van der Waals surface area contributed by atoms with E-state index in [-0.39, 0.29) is 17.9 Å². The number of nitrogens with zero attached hydrogens (tertiary/aromatic N) is 1. The van der Waals surface area contributed by atoms with Crippen LogP contribution in [0.25, 0.3) is 0 Å². The normalized spacial score (nSPS) is 30.3. The first-order valence-corrected chi connectivity index (χ1v) is 7.41. The number of hydrogen-bond acceptors (Lipinski definition) is 3. The van der Waals surface area contributed by atoms with Gasteiger partial charge in [0.15, 0.2) is 0 Å². The largest absolute Gasteiger partial charge is 0.393 e. The number of aliphatic hydroxyl groups is 1. The van der Waals surface area contributed by atoms with Gasteiger partial charge in [0.25, 0.3) is 0 Å². The molecule has 1 saturated carbocycles. The average molecular weight is 274 g/mol. The summed E-state index contributed by atoms with van der Waals surface area (Å²) < 4.78 is 0. The fraction of sp³-hybridized carbons (Fsp3) is 0.562. The van der Waals surface area contributed by atoms with E-state index in [1.165, 1.54) is 0 Å². The van der Waals surface area contributed by atoms with Crippen molar-refractivity contribution in [3.8, 4) is 0 Å². The number of rotatable bonds is 3. The summed E-state index contributed by atoms with van der Waals surface area (Å²) in [5.74, 6) is 0.760. The third-order valence-corrected chi connectivity index (χ3v) is 4.75. The van der Waals surface area contributed by atoms with Crippen molar-refractivity contribution in [1.29, 1.82) is 0 Å². The molecule has 0 aromatic heterocycles. The first-order chi connectivity index (χ1) is 9.65. The number of likely N-dealkylation sites (tertiary alicyclic amines) is 1. The van der Waals surface area contributed by atoms with Gasteiger partial charge >= 0.3 is 0 Å². The lowest BCUT2D eigenvalue weighted by Gasteiger charge is -2.22. The highest BCUT2D eigenvalue weighted by molar-refractivity contribution is 5.82. The van der Waals surface area contributed by atoms with Crippen LogP contribution < -0.4 is 5.73 Å². The molecule has 1 saturated heterocycles. The Kier molecular flexibility index (Phi) is 3.76. The molecule has 0 spiro atoms. The molecule has 1 heterocycles. The highest BCUT2D eigenvalue weighted by Crippen LogP contribution is 2.38. The van der Waals surface area contributed by atoms with Crippen molar-refractivity contribution in [3.63, 3.8) is 0 Å². The van der Waals surface area contributed by atoms with E-state index in [4.69, 9.17) is 5.73 Å². The van der Waals surface area contributed by atoms with Gasteiger partial charge < -0.3 is 15.7 Å². The predicted octanol–water partition coefficient (Wildman–Crippen LogP) is 0.786. The van der Waals surface area contributed by atoms with Crippen LogP contribution in [0.2, 0.25) is 0 Å². The number of amides is 1. The lowest BCUT2D eigenvalue weighted by atomic mass is 10.00. The highest BCUT2D eigenvalue weighted by Gasteiger charge is 2.43. The van der Waals surface area contributed by atoms with Crippen molar-refractivity contribution in [2.24, 2.45) is 17.6 Å². The fourth-order valence-corrected chi connectivity index (χ4v) is 3.61. The fourth-order valence-electron chi connectivity index (χ4n) is 3.61. The van der Waals surface area contributed by atoms with E-state index in [2.05, 4.69) is 0 Å². The molecule has 1 aliphatic heterocycles. The molecule has 108 valence electrons. The maximum atomic E-state index is 12.4. The zero-order chi connectivity index (χ0) is 14.1. The van der Waals surface area contributed by atoms with Crippen LogP contribution in [0.3, 0.4) is 0 Å². The molecule has 0 bridgehead atoms. The Hall–Kier alpha value is -1.39. The summed E-state index contributed by atoms with van der Waals surface area (Å²) in [6.45, 7) is 1.44. The smallest absolute Gasteiger partial charge is 0.239 e. The van der Waals surface area contributed by atoms with Gasteiger partial charge in [-0.05, 0) is 30.7 Å². The average Bonchev–Trinajstić information content (AvgIpc) is 3.02. The Balaban J connectivity index is 1.59. The summed E-state index contributed by atoms with van der Waals surface area (Å²) in [7, 11) is 0. The third kappa shape index (κ3) is 2.58. The molecule has 4 heteroatoms. The number of benzene rings is 1. The summed E-state index contributed by atoms with van der Waals surface area (Å²) >= 11 is 0. The number of carbonyl (C=O) groups is 1. The Labute approximate surface area is 119 Å². The molecule has 1 amide bonds. The lowest BCUT2D eigenvalue weighted by molar-refractivity contribution is -0.132. The Morgan fingerprint density at radius 2 is 2.05 bits per heavy atom. The Morgan fingerprint density at radius 3 is 2.75 bits per heavy atom. The first kappa shape index (κ1) is 13.6. The second-order valence-electron chi connectivity index (χ2n) is 6.11. The topological polar surface area (TPSA) is 66.6 Å². The predicted molar refractivity (Wildman–Crippen MR) is 76.9 cm³/mol. The Morgan fingerprint density at radius 1 is 1.30 bits per heavy atom. The van der Waals surface area contributed by atoms with Gasteiger partial charge in [0.2, 0.25) is 5.91 Å². The van der Waals surface area contributed by atoms with Crippen molar-refractivity contribution >= 4 is 5.91 Å². The van der Waals surface area contributed by atoms with Crippen molar-refractivity contribution in [2.75, 3.05) is 13.1 Å². The first-order valence-electron chi connectivity index (χ1n) is 7.41. The van der Waals surface area contributed by atoms with E-state index in [1.807, 2.05) is 35.2 Å². The standard InChI is InChI=1S/C16H22N2O2/c17-14(8-11-4-2-1-3-5-11)16(20)18-9-12-6-7-15(19)13(12)10-18/h1-5,12-15,19H,6-10,17H2/t12?,13?,14-,15?/m0/s1. The van der Waals surface area contributed by atoms with E-state index < -0.39 is 6.04 Å². The molecule has 0 radical (unpaired) electrons. The molecule has 3 unspecified atom stereocenters. The number of fused-ring (bicyclic) bond motifs is 1. The minimum atomic E-state index is -0.478. The van der Waals surface area contributed by atoms with Crippen LogP contribution >= 0.6 is 0 Å². The van der Waals surface area contributed by atoms with Crippen LogP contribution in [-0.2, 0) is 11.2 Å². The molecule has 3 N–H and O–H groups in total. The van der Waals surface area contributed by atoms with E-state index in [1.54, 1.807) is 0 Å². The zero-order valence-corrected chi connectivity index (χ0v) is 11.6. The van der Waals surface area contributed by atoms with Crippen LogP contribution in [0.15, 0.2) is 30.3 Å². The van der Waals surface area contributed by atoms with Crippen molar-refractivity contribution < 1.29 is 9.90 Å². The summed E-state index contributed by atoms with van der Waals surface area (Å²) in [6.07, 6.45) is 2.26. The van der Waals surface area contributed by atoms with Crippen LogP contribution in [-0.4, -0.2) is 41.1 Å². The monoisotopic (exact) mass is 274 g/mol. The van der Waals surface area contributed by atoms with Crippen molar-refractivity contribution in [2.45, 2.75) is 31.4 Å². The molecule has 1 aliphatic carbocycles. The van der Waals surface area contributed by atoms with Gasteiger partial charge in [-0.3, -0.25) is 4.79 Å². The van der Waals surface area contributed by atoms with E-state index in [0.717, 1.165) is 24.9 Å². The van der Waals surface area contributed by atoms with E-state index in [0.29, 0.717) is 18.9 Å². The number of hydrogen-bond donors (Lipinski definition) is 2. The van der Waals surface area contributed by atoms with E-state index >= 15 is 0 Å². The van der Waals surface area contributed by atoms with Crippen LogP contribution in [0.1, 0.15) is 18.4 Å². The number of nitrogens with two attached hydrogens (primary N) is 1. The highest BCUT2D eigenvalue weighted by atomic mass is 16.3. The summed E-state index contributed by atoms with van der Waals surface area (Å²) in [5, 5.41) is 9.90. The van der Waals surface area contributed by atoms with Gasteiger partial charge in [-0.2, -0.15) is 0 Å². The SMILES string of the molecule is N[C@@H](Cc1ccccc1)C(=O)N1CC2CCC(O)C2C1. The number of carbonyl (C=O) groups excluding carboxylic acids is 1. The second-order valence-corrected chi connectivity index (χ2v) is 6.11. The maximum absolute atomic E-state index is 12.4. The molecular formula is C16H22N2O2. The van der Waals surface area contributed by atoms with Crippen LogP contribution in [0.4, 0.5) is 0 Å². The minimum Gasteiger partial charge on any atom is -0.393 e. The summed E-state index contributed by atoms with van der Waals surface area (Å²) in [4.78, 5) is 14.3. The van der Waals surface area contributed by atoms with E-state index in [9.17, 15) is 9.90 Å². The van der Waals surface area contributed by atoms with Gasteiger partial charge in [-0.1, -0.05) is 30.3 Å². The van der Waals surface area contributed by atoms with Crippen molar-refractivity contribution in [1.82, 2.24) is 4.90 Å². The number of aliphatic hydroxyl groups excluding tert-OH is 1. The van der Waals surface area contributed by atoms with Crippen molar-refractivity contribution in [3.05, 3.63) is 35.9 Å². The summed E-state index contributed by atoms with van der Waals surface area (Å²) in [6, 6.07) is 9.39. The van der Waals surface area contributed by atoms with Gasteiger partial charge in [-0.15, -0.1) is 0 Å². The minimum absolute atomic E-state index is 0.0236. The molecule has 20 heavy (non-hydrogen) atoms. The zero-order valence-electron chi connectivity index (χ0n) is 11.6. The molecular weight excluding hydrogens is 252 g/mol. The van der Waals surface area contributed by atoms with Gasteiger partial charge in [0.1, 0.15) is 0 Å². The van der Waals surface area contributed by atoms with Crippen LogP contribution in [0, 0.1) is 11.8 Å². The molecule has 3 rings (SSSR count). The Bertz CT molecular complexity index is 477. The van der Waals surface area contributed by atoms with Crippen LogP contribution in [0.5, 0.6) is 0 Å². The second kappa shape index (κ2) is 5.54. The molecule has 1 aromatic rings. The molecule has 2 aliphatic rings. The third-order valence-electron chi connectivity index (χ3n) is 4.75. The maximum Gasteiger partial charge on any atom is 0.239 e. The molecule has 2 fully saturated rings. The molecule has 1 aromatic carbocycles. The van der Waals surface area contributed by atoms with Gasteiger partial charge in [0.05, 0.1) is 12.1 Å². The van der Waals surface area contributed by atoms with Gasteiger partial charge in [0, 0.05) is 19.0 Å². The molecule has 4 nitrogen and oxygen atoms in total. The summed E-state index contributed by atoms with van der Waals surface area (Å²) in [5.41, 5.74) is 7.15. The van der Waals surface area contributed by atoms with Gasteiger partial charge in [-0.25, -0.2) is 0 Å².